The van der Waals surface area contributed by atoms with E-state index < -0.39 is 0 Å². The van der Waals surface area contributed by atoms with Gasteiger partial charge in [-0.1, -0.05) is 0 Å². The minimum absolute atomic E-state index is 0.0421. The molecular formula is C11H12BrN3OS. The van der Waals surface area contributed by atoms with Gasteiger partial charge in [-0.3, -0.25) is 4.79 Å². The van der Waals surface area contributed by atoms with Gasteiger partial charge < -0.3 is 9.88 Å². The smallest absolute Gasteiger partial charge is 0.262 e. The Morgan fingerprint density at radius 3 is 3.12 bits per heavy atom. The molecule has 1 N–H and O–H groups in total. The van der Waals surface area contributed by atoms with Gasteiger partial charge in [-0.05, 0) is 34.3 Å². The summed E-state index contributed by atoms with van der Waals surface area (Å²) in [5, 5.41) is 4.84. The number of amides is 1. The molecular weight excluding hydrogens is 302 g/mol. The van der Waals surface area contributed by atoms with Crippen molar-refractivity contribution in [2.75, 3.05) is 0 Å². The number of carbonyl (C=O) groups excluding carboxylic acids is 1. The first kappa shape index (κ1) is 12.3. The molecule has 6 heteroatoms. The van der Waals surface area contributed by atoms with Gasteiger partial charge in [0.2, 0.25) is 0 Å². The van der Waals surface area contributed by atoms with Gasteiger partial charge in [-0.2, -0.15) is 0 Å². The van der Waals surface area contributed by atoms with Gasteiger partial charge in [-0.15, -0.1) is 11.3 Å². The van der Waals surface area contributed by atoms with Crippen LogP contribution in [0.15, 0.2) is 34.6 Å². The van der Waals surface area contributed by atoms with Gasteiger partial charge in [-0.25, -0.2) is 4.98 Å². The van der Waals surface area contributed by atoms with Gasteiger partial charge in [0, 0.05) is 29.5 Å². The maximum absolute atomic E-state index is 11.9. The summed E-state index contributed by atoms with van der Waals surface area (Å²) < 4.78 is 2.78. The van der Waals surface area contributed by atoms with E-state index in [-0.39, 0.29) is 11.9 Å². The summed E-state index contributed by atoms with van der Waals surface area (Å²) in [6, 6.07) is 1.94. The van der Waals surface area contributed by atoms with Crippen LogP contribution in [-0.2, 0) is 6.54 Å². The Balaban J connectivity index is 1.93. The van der Waals surface area contributed by atoms with Crippen molar-refractivity contribution < 1.29 is 4.79 Å². The monoisotopic (exact) mass is 313 g/mol. The SMILES string of the molecule is C[C@@H](Cn1ccnc1)NC(=O)c1sccc1Br. The highest BCUT2D eigenvalue weighted by Gasteiger charge is 2.14. The average Bonchev–Trinajstić information content (AvgIpc) is 2.88. The van der Waals surface area contributed by atoms with Crippen LogP contribution in [-0.4, -0.2) is 21.5 Å². The maximum atomic E-state index is 11.9. The maximum Gasteiger partial charge on any atom is 0.262 e. The Hall–Kier alpha value is -1.14. The molecule has 1 amide bonds. The highest BCUT2D eigenvalue weighted by atomic mass is 79.9. The van der Waals surface area contributed by atoms with Gasteiger partial charge >= 0.3 is 0 Å². The van der Waals surface area contributed by atoms with Gasteiger partial charge in [0.15, 0.2) is 0 Å². The summed E-state index contributed by atoms with van der Waals surface area (Å²) in [6.07, 6.45) is 5.35. The van der Waals surface area contributed by atoms with Crippen LogP contribution in [0.3, 0.4) is 0 Å². The van der Waals surface area contributed by atoms with Crippen molar-refractivity contribution in [2.24, 2.45) is 0 Å². The summed E-state index contributed by atoms with van der Waals surface area (Å²) in [7, 11) is 0. The molecule has 0 radical (unpaired) electrons. The number of hydrogen-bond acceptors (Lipinski definition) is 3. The second-order valence-corrected chi connectivity index (χ2v) is 5.50. The number of rotatable bonds is 4. The van der Waals surface area contributed by atoms with E-state index in [0.717, 1.165) is 4.47 Å². The highest BCUT2D eigenvalue weighted by molar-refractivity contribution is 9.10. The summed E-state index contributed by atoms with van der Waals surface area (Å²) in [5.74, 6) is -0.0421. The van der Waals surface area contributed by atoms with Crippen molar-refractivity contribution in [1.82, 2.24) is 14.9 Å². The van der Waals surface area contributed by atoms with E-state index in [0.29, 0.717) is 11.4 Å². The zero-order valence-corrected chi connectivity index (χ0v) is 11.7. The standard InChI is InChI=1S/C11H12BrN3OS/c1-8(6-15-4-3-13-7-15)14-11(16)10-9(12)2-5-17-10/h2-5,7-8H,6H2,1H3,(H,14,16)/t8-/m0/s1. The van der Waals surface area contributed by atoms with Crippen molar-refractivity contribution in [3.8, 4) is 0 Å². The van der Waals surface area contributed by atoms with Crippen LogP contribution >= 0.6 is 27.3 Å². The Kier molecular flexibility index (Phi) is 3.96. The number of imidazole rings is 1. The van der Waals surface area contributed by atoms with E-state index >= 15 is 0 Å². The zero-order valence-electron chi connectivity index (χ0n) is 9.26. The Morgan fingerprint density at radius 2 is 2.53 bits per heavy atom. The third kappa shape index (κ3) is 3.17. The molecule has 0 aliphatic rings. The lowest BCUT2D eigenvalue weighted by Gasteiger charge is -2.13. The van der Waals surface area contributed by atoms with Crippen LogP contribution in [0.4, 0.5) is 0 Å². The number of thiophene rings is 1. The molecule has 0 aliphatic heterocycles. The van der Waals surface area contributed by atoms with Crippen LogP contribution in [0.1, 0.15) is 16.6 Å². The zero-order chi connectivity index (χ0) is 12.3. The number of halogens is 1. The van der Waals surface area contributed by atoms with Crippen molar-refractivity contribution in [3.05, 3.63) is 39.5 Å². The second kappa shape index (κ2) is 5.46. The number of hydrogen-bond donors (Lipinski definition) is 1. The first-order chi connectivity index (χ1) is 8.16. The number of carbonyl (C=O) groups is 1. The van der Waals surface area contributed by atoms with Crippen LogP contribution < -0.4 is 5.32 Å². The van der Waals surface area contributed by atoms with Gasteiger partial charge in [0.1, 0.15) is 4.88 Å². The van der Waals surface area contributed by atoms with E-state index in [1.807, 2.05) is 29.1 Å². The third-order valence-corrected chi connectivity index (χ3v) is 4.08. The van der Waals surface area contributed by atoms with Crippen molar-refractivity contribution in [1.29, 1.82) is 0 Å². The minimum Gasteiger partial charge on any atom is -0.347 e. The molecule has 0 aliphatic carbocycles. The van der Waals surface area contributed by atoms with Crippen molar-refractivity contribution in [3.63, 3.8) is 0 Å². The summed E-state index contributed by atoms with van der Waals surface area (Å²) in [6.45, 7) is 2.69. The Labute approximate surface area is 112 Å². The number of aromatic nitrogens is 2. The average molecular weight is 314 g/mol. The fourth-order valence-electron chi connectivity index (χ4n) is 1.50. The van der Waals surface area contributed by atoms with E-state index in [1.54, 1.807) is 12.5 Å². The van der Waals surface area contributed by atoms with Crippen LogP contribution in [0.2, 0.25) is 0 Å². The van der Waals surface area contributed by atoms with Crippen molar-refractivity contribution >= 4 is 33.2 Å². The van der Waals surface area contributed by atoms with Gasteiger partial charge in [0.05, 0.1) is 6.33 Å². The molecule has 1 atom stereocenters. The van der Waals surface area contributed by atoms with E-state index in [1.165, 1.54) is 11.3 Å². The molecule has 0 fully saturated rings. The highest BCUT2D eigenvalue weighted by Crippen LogP contribution is 2.22. The van der Waals surface area contributed by atoms with E-state index in [9.17, 15) is 4.79 Å². The lowest BCUT2D eigenvalue weighted by atomic mass is 10.3. The predicted octanol–water partition coefficient (Wildman–Crippen LogP) is 2.53. The molecule has 17 heavy (non-hydrogen) atoms. The second-order valence-electron chi connectivity index (χ2n) is 3.73. The molecule has 90 valence electrons. The normalized spacial score (nSPS) is 12.4. The Bertz CT molecular complexity index is 495. The summed E-state index contributed by atoms with van der Waals surface area (Å²) in [4.78, 5) is 16.6. The first-order valence-electron chi connectivity index (χ1n) is 5.16. The fourth-order valence-corrected chi connectivity index (χ4v) is 2.96. The minimum atomic E-state index is -0.0421. The summed E-state index contributed by atoms with van der Waals surface area (Å²) >= 11 is 4.78. The van der Waals surface area contributed by atoms with E-state index in [4.69, 9.17) is 0 Å². The fraction of sp³-hybridized carbons (Fsp3) is 0.273. The van der Waals surface area contributed by atoms with Crippen LogP contribution in [0.25, 0.3) is 0 Å². The first-order valence-corrected chi connectivity index (χ1v) is 6.83. The number of nitrogens with one attached hydrogen (secondary N) is 1. The molecule has 2 aromatic heterocycles. The quantitative estimate of drug-likeness (QED) is 0.943. The summed E-state index contributed by atoms with van der Waals surface area (Å²) in [5.41, 5.74) is 0. The number of nitrogens with zero attached hydrogens (tertiary/aromatic N) is 2. The molecule has 4 nitrogen and oxygen atoms in total. The molecule has 0 spiro atoms. The molecule has 0 bridgehead atoms. The van der Waals surface area contributed by atoms with E-state index in [2.05, 4.69) is 26.2 Å². The van der Waals surface area contributed by atoms with Crippen LogP contribution in [0.5, 0.6) is 0 Å². The molecule has 2 rings (SSSR count). The molecule has 2 heterocycles. The largest absolute Gasteiger partial charge is 0.347 e. The molecule has 0 saturated carbocycles. The molecule has 0 aromatic carbocycles. The predicted molar refractivity (Wildman–Crippen MR) is 71.2 cm³/mol. The molecule has 2 aromatic rings. The van der Waals surface area contributed by atoms with Gasteiger partial charge in [0.25, 0.3) is 5.91 Å². The third-order valence-electron chi connectivity index (χ3n) is 2.24. The lowest BCUT2D eigenvalue weighted by molar-refractivity contribution is 0.0940. The lowest BCUT2D eigenvalue weighted by Crippen LogP contribution is -2.35. The molecule has 0 saturated heterocycles. The molecule has 0 unspecified atom stereocenters. The van der Waals surface area contributed by atoms with Crippen molar-refractivity contribution in [2.45, 2.75) is 19.5 Å². The topological polar surface area (TPSA) is 46.9 Å². The van der Waals surface area contributed by atoms with Crippen LogP contribution in [0, 0.1) is 0 Å². The Morgan fingerprint density at radius 1 is 1.71 bits per heavy atom.